The topological polar surface area (TPSA) is 58.2 Å². The first-order valence-electron chi connectivity index (χ1n) is 9.40. The van der Waals surface area contributed by atoms with E-state index in [2.05, 4.69) is 31.8 Å². The zero-order valence-electron chi connectivity index (χ0n) is 16.3. The van der Waals surface area contributed by atoms with Crippen molar-refractivity contribution in [1.82, 2.24) is 5.01 Å². The molecule has 0 N–H and O–H groups in total. The van der Waals surface area contributed by atoms with Crippen LogP contribution in [0.1, 0.15) is 44.9 Å². The van der Waals surface area contributed by atoms with Gasteiger partial charge in [-0.1, -0.05) is 55.8 Å². The molecule has 1 aliphatic carbocycles. The van der Waals surface area contributed by atoms with Gasteiger partial charge in [0.2, 0.25) is 0 Å². The van der Waals surface area contributed by atoms with Crippen molar-refractivity contribution < 1.29 is 9.21 Å². The lowest BCUT2D eigenvalue weighted by molar-refractivity contribution is -0.122. The molecule has 1 aliphatic heterocycles. The minimum absolute atomic E-state index is 0.0286. The summed E-state index contributed by atoms with van der Waals surface area (Å²) in [4.78, 5) is 17.7. The Morgan fingerprint density at radius 3 is 2.64 bits per heavy atom. The molecule has 5 heteroatoms. The Balaban J connectivity index is 1.75. The lowest BCUT2D eigenvalue weighted by atomic mass is 9.79. The van der Waals surface area contributed by atoms with Gasteiger partial charge in [0.1, 0.15) is 11.5 Å². The first kappa shape index (κ1) is 18.2. The molecule has 0 radical (unpaired) electrons. The standard InChI is InChI=1S/C23H23N3O2/c1-16-12-18(15-23(2,3)14-16)25-26-21(17-8-5-4-6-9-17)24-20(22(26)27)13-19-10-7-11-28-19/h4-11,13-14H,12,15H2,1-3H3/b20-13+,25-18+. The van der Waals surface area contributed by atoms with Crippen molar-refractivity contribution in [3.05, 3.63) is 77.4 Å². The van der Waals surface area contributed by atoms with Crippen LogP contribution in [-0.4, -0.2) is 22.5 Å². The Hall–Kier alpha value is -3.21. The van der Waals surface area contributed by atoms with Gasteiger partial charge in [-0.25, -0.2) is 4.99 Å². The maximum absolute atomic E-state index is 13.1. The van der Waals surface area contributed by atoms with Gasteiger partial charge in [0.25, 0.3) is 5.91 Å². The highest BCUT2D eigenvalue weighted by Crippen LogP contribution is 2.32. The van der Waals surface area contributed by atoms with Crippen molar-refractivity contribution in [2.24, 2.45) is 15.5 Å². The molecule has 1 aromatic carbocycles. The van der Waals surface area contributed by atoms with E-state index < -0.39 is 0 Å². The molecule has 0 bridgehead atoms. The largest absolute Gasteiger partial charge is 0.465 e. The number of allylic oxidation sites excluding steroid dienone is 2. The molecule has 4 rings (SSSR count). The molecule has 2 heterocycles. The molecule has 0 unspecified atom stereocenters. The average Bonchev–Trinajstić information content (AvgIpc) is 3.25. The van der Waals surface area contributed by atoms with Gasteiger partial charge in [0, 0.05) is 23.8 Å². The number of carbonyl (C=O) groups excluding carboxylic acids is 1. The quantitative estimate of drug-likeness (QED) is 0.559. The maximum atomic E-state index is 13.1. The minimum atomic E-state index is -0.243. The van der Waals surface area contributed by atoms with E-state index in [1.807, 2.05) is 30.3 Å². The van der Waals surface area contributed by atoms with Crippen LogP contribution in [0.25, 0.3) is 6.08 Å². The van der Waals surface area contributed by atoms with Crippen LogP contribution in [0.2, 0.25) is 0 Å². The highest BCUT2D eigenvalue weighted by molar-refractivity contribution is 6.20. The summed E-state index contributed by atoms with van der Waals surface area (Å²) in [6, 6.07) is 13.2. The van der Waals surface area contributed by atoms with Gasteiger partial charge < -0.3 is 4.42 Å². The van der Waals surface area contributed by atoms with Crippen molar-refractivity contribution in [3.63, 3.8) is 0 Å². The van der Waals surface area contributed by atoms with E-state index >= 15 is 0 Å². The van der Waals surface area contributed by atoms with E-state index in [1.165, 1.54) is 10.6 Å². The lowest BCUT2D eigenvalue weighted by Crippen LogP contribution is -2.31. The summed E-state index contributed by atoms with van der Waals surface area (Å²) in [5.41, 5.74) is 3.46. The molecule has 0 saturated carbocycles. The normalized spacial score (nSPS) is 22.0. The monoisotopic (exact) mass is 373 g/mol. The number of hydrogen-bond acceptors (Lipinski definition) is 4. The van der Waals surface area contributed by atoms with Crippen molar-refractivity contribution in [1.29, 1.82) is 0 Å². The van der Waals surface area contributed by atoms with E-state index in [0.29, 0.717) is 17.3 Å². The van der Waals surface area contributed by atoms with Gasteiger partial charge in [-0.3, -0.25) is 4.79 Å². The summed E-state index contributed by atoms with van der Waals surface area (Å²) in [6.07, 6.45) is 7.10. The number of hydrogen-bond donors (Lipinski definition) is 0. The Morgan fingerprint density at radius 1 is 1.18 bits per heavy atom. The Bertz CT molecular complexity index is 1010. The fourth-order valence-electron chi connectivity index (χ4n) is 3.77. The maximum Gasteiger partial charge on any atom is 0.298 e. The molecule has 0 saturated heterocycles. The fraction of sp³-hybridized carbons (Fsp3) is 0.261. The van der Waals surface area contributed by atoms with E-state index in [9.17, 15) is 4.79 Å². The SMILES string of the molecule is CC1=CC(C)(C)C/C(=N/N2C(=O)/C(=C\c3ccco3)N=C2c2ccccc2)C1. The number of amidine groups is 1. The summed E-state index contributed by atoms with van der Waals surface area (Å²) < 4.78 is 5.35. The summed E-state index contributed by atoms with van der Waals surface area (Å²) in [5, 5.41) is 6.20. The van der Waals surface area contributed by atoms with E-state index in [1.54, 1.807) is 24.5 Å². The minimum Gasteiger partial charge on any atom is -0.465 e. The third-order valence-corrected chi connectivity index (χ3v) is 4.71. The molecule has 28 heavy (non-hydrogen) atoms. The zero-order valence-corrected chi connectivity index (χ0v) is 16.3. The van der Waals surface area contributed by atoms with Crippen LogP contribution < -0.4 is 0 Å². The van der Waals surface area contributed by atoms with Crippen LogP contribution in [-0.2, 0) is 4.79 Å². The van der Waals surface area contributed by atoms with Gasteiger partial charge in [-0.2, -0.15) is 10.1 Å². The van der Waals surface area contributed by atoms with Gasteiger partial charge in [0.05, 0.1) is 6.26 Å². The van der Waals surface area contributed by atoms with Crippen LogP contribution in [0.3, 0.4) is 0 Å². The fourth-order valence-corrected chi connectivity index (χ4v) is 3.77. The Kier molecular flexibility index (Phi) is 4.59. The van der Waals surface area contributed by atoms with Crippen LogP contribution in [0.4, 0.5) is 0 Å². The van der Waals surface area contributed by atoms with E-state index in [0.717, 1.165) is 24.1 Å². The smallest absolute Gasteiger partial charge is 0.298 e. The van der Waals surface area contributed by atoms with Crippen LogP contribution in [0.15, 0.2) is 80.6 Å². The number of hydrazone groups is 1. The second-order valence-corrected chi connectivity index (χ2v) is 7.96. The third-order valence-electron chi connectivity index (χ3n) is 4.71. The number of aliphatic imine (C=N–C) groups is 1. The summed E-state index contributed by atoms with van der Waals surface area (Å²) >= 11 is 0. The number of carbonyl (C=O) groups is 1. The molecule has 5 nitrogen and oxygen atoms in total. The molecule has 2 aromatic rings. The molecule has 0 atom stereocenters. The number of furan rings is 1. The number of rotatable bonds is 3. The van der Waals surface area contributed by atoms with E-state index in [-0.39, 0.29) is 11.3 Å². The molecule has 142 valence electrons. The van der Waals surface area contributed by atoms with Crippen LogP contribution in [0.5, 0.6) is 0 Å². The second-order valence-electron chi connectivity index (χ2n) is 7.96. The lowest BCUT2D eigenvalue weighted by Gasteiger charge is -2.28. The molecule has 2 aliphatic rings. The first-order chi connectivity index (χ1) is 13.4. The number of nitrogens with zero attached hydrogens (tertiary/aromatic N) is 3. The van der Waals surface area contributed by atoms with Crippen molar-refractivity contribution in [2.45, 2.75) is 33.6 Å². The average molecular weight is 373 g/mol. The van der Waals surface area contributed by atoms with Gasteiger partial charge in [-0.05, 0) is 30.9 Å². The summed E-state index contributed by atoms with van der Waals surface area (Å²) in [7, 11) is 0. The Morgan fingerprint density at radius 2 is 1.96 bits per heavy atom. The predicted molar refractivity (Wildman–Crippen MR) is 111 cm³/mol. The van der Waals surface area contributed by atoms with Gasteiger partial charge in [0.15, 0.2) is 5.84 Å². The van der Waals surface area contributed by atoms with Crippen molar-refractivity contribution in [3.8, 4) is 0 Å². The second kappa shape index (κ2) is 7.08. The molecular weight excluding hydrogens is 350 g/mol. The highest BCUT2D eigenvalue weighted by atomic mass is 16.3. The predicted octanol–water partition coefficient (Wildman–Crippen LogP) is 5.03. The van der Waals surface area contributed by atoms with Crippen LogP contribution in [0, 0.1) is 5.41 Å². The summed E-state index contributed by atoms with van der Waals surface area (Å²) in [5.74, 6) is 0.889. The van der Waals surface area contributed by atoms with Gasteiger partial charge in [-0.15, -0.1) is 0 Å². The highest BCUT2D eigenvalue weighted by Gasteiger charge is 2.33. The third kappa shape index (κ3) is 3.74. The molecule has 0 fully saturated rings. The Labute approximate surface area is 164 Å². The van der Waals surface area contributed by atoms with E-state index in [4.69, 9.17) is 9.52 Å². The van der Waals surface area contributed by atoms with Gasteiger partial charge >= 0.3 is 0 Å². The summed E-state index contributed by atoms with van der Waals surface area (Å²) in [6.45, 7) is 6.48. The molecular formula is C23H23N3O2. The van der Waals surface area contributed by atoms with Crippen LogP contribution >= 0.6 is 0 Å². The molecule has 0 spiro atoms. The zero-order chi connectivity index (χ0) is 19.7. The number of amides is 1. The molecule has 1 aromatic heterocycles. The van der Waals surface area contributed by atoms with Crippen molar-refractivity contribution in [2.75, 3.05) is 0 Å². The first-order valence-corrected chi connectivity index (χ1v) is 9.40. The van der Waals surface area contributed by atoms with Crippen molar-refractivity contribution >= 4 is 23.5 Å². The molecule has 1 amide bonds. The number of benzene rings is 1.